The molecule has 0 bridgehead atoms. The van der Waals surface area contributed by atoms with Gasteiger partial charge in [0.05, 0.1) is 0 Å². The van der Waals surface area contributed by atoms with Crippen LogP contribution in [0.25, 0.3) is 0 Å². The normalized spacial score (nSPS) is 18.4. The van der Waals surface area contributed by atoms with Crippen LogP contribution < -0.4 is 0 Å². The van der Waals surface area contributed by atoms with E-state index in [0.717, 1.165) is 51.0 Å². The summed E-state index contributed by atoms with van der Waals surface area (Å²) in [6.45, 7) is 6.62. The zero-order valence-electron chi connectivity index (χ0n) is 8.12. The molecule has 2 nitrogen and oxygen atoms in total. The van der Waals surface area contributed by atoms with Crippen molar-refractivity contribution in [3.63, 3.8) is 0 Å². The highest BCUT2D eigenvalue weighted by Crippen LogP contribution is 2.01. The molecule has 1 aliphatic heterocycles. The van der Waals surface area contributed by atoms with Crippen LogP contribution in [-0.4, -0.2) is 60.8 Å². The maximum absolute atomic E-state index is 5.66. The van der Waals surface area contributed by atoms with Gasteiger partial charge in [-0.3, -0.25) is 9.80 Å². The van der Waals surface area contributed by atoms with Crippen molar-refractivity contribution in [1.29, 1.82) is 0 Å². The van der Waals surface area contributed by atoms with Crippen LogP contribution >= 0.6 is 48.0 Å². The molecule has 0 aliphatic carbocycles. The monoisotopic (exact) mass is 282 g/mol. The van der Waals surface area contributed by atoms with Crippen LogP contribution in [-0.2, 0) is 0 Å². The van der Waals surface area contributed by atoms with Crippen molar-refractivity contribution in [3.8, 4) is 0 Å². The summed E-state index contributed by atoms with van der Waals surface area (Å²) in [5, 5.41) is 0. The van der Waals surface area contributed by atoms with Crippen molar-refractivity contribution in [3.05, 3.63) is 0 Å². The Morgan fingerprint density at radius 2 is 1.00 bits per heavy atom. The van der Waals surface area contributed by atoms with Crippen molar-refractivity contribution < 1.29 is 0 Å². The highest BCUT2D eigenvalue weighted by molar-refractivity contribution is 6.18. The lowest BCUT2D eigenvalue weighted by Gasteiger charge is -2.33. The van der Waals surface area contributed by atoms with E-state index < -0.39 is 0 Å². The van der Waals surface area contributed by atoms with Crippen molar-refractivity contribution >= 4 is 48.0 Å². The Labute approximate surface area is 109 Å². The molecular formula is C8H18Cl4N2. The number of alkyl halides is 2. The van der Waals surface area contributed by atoms with Crippen LogP contribution in [0.15, 0.2) is 0 Å². The fraction of sp³-hybridized carbons (Fsp3) is 1.00. The first-order chi connectivity index (χ1) is 5.86. The summed E-state index contributed by atoms with van der Waals surface area (Å²) in [5.41, 5.74) is 0. The van der Waals surface area contributed by atoms with Gasteiger partial charge in [0.15, 0.2) is 0 Å². The summed E-state index contributed by atoms with van der Waals surface area (Å²) in [4.78, 5) is 4.80. The first-order valence-electron chi connectivity index (χ1n) is 4.43. The van der Waals surface area contributed by atoms with Crippen molar-refractivity contribution in [2.45, 2.75) is 0 Å². The number of rotatable bonds is 4. The molecule has 0 amide bonds. The maximum atomic E-state index is 5.66. The summed E-state index contributed by atoms with van der Waals surface area (Å²) < 4.78 is 0. The minimum absolute atomic E-state index is 0. The predicted octanol–water partition coefficient (Wildman–Crippen LogP) is 1.93. The van der Waals surface area contributed by atoms with E-state index in [0.29, 0.717) is 0 Å². The summed E-state index contributed by atoms with van der Waals surface area (Å²) in [5.74, 6) is 1.49. The van der Waals surface area contributed by atoms with Gasteiger partial charge >= 0.3 is 0 Å². The Kier molecular flexibility index (Phi) is 13.2. The SMILES string of the molecule is Cl.Cl.ClCCN1CCN(CCCl)CC1. The van der Waals surface area contributed by atoms with Crippen LogP contribution in [0.3, 0.4) is 0 Å². The molecule has 0 radical (unpaired) electrons. The van der Waals surface area contributed by atoms with Crippen molar-refractivity contribution in [2.24, 2.45) is 0 Å². The van der Waals surface area contributed by atoms with Gasteiger partial charge in [0, 0.05) is 51.0 Å². The van der Waals surface area contributed by atoms with Crippen LogP contribution in [0, 0.1) is 0 Å². The van der Waals surface area contributed by atoms with Crippen molar-refractivity contribution in [1.82, 2.24) is 9.80 Å². The molecular weight excluding hydrogens is 266 g/mol. The highest BCUT2D eigenvalue weighted by Gasteiger charge is 2.14. The van der Waals surface area contributed by atoms with Gasteiger partial charge in [0.1, 0.15) is 0 Å². The molecule has 0 aromatic carbocycles. The molecule has 1 aliphatic rings. The minimum atomic E-state index is 0. The Hall–Kier alpha value is 1.08. The topological polar surface area (TPSA) is 6.48 Å². The first-order valence-corrected chi connectivity index (χ1v) is 5.50. The summed E-state index contributed by atoms with van der Waals surface area (Å²) in [7, 11) is 0. The number of hydrogen-bond acceptors (Lipinski definition) is 2. The first kappa shape index (κ1) is 17.5. The summed E-state index contributed by atoms with van der Waals surface area (Å²) in [6.07, 6.45) is 0. The molecule has 88 valence electrons. The van der Waals surface area contributed by atoms with E-state index in [4.69, 9.17) is 23.2 Å². The van der Waals surface area contributed by atoms with Gasteiger partial charge in [-0.2, -0.15) is 0 Å². The van der Waals surface area contributed by atoms with Crippen molar-refractivity contribution in [2.75, 3.05) is 51.0 Å². The van der Waals surface area contributed by atoms with Crippen LogP contribution in [0.1, 0.15) is 0 Å². The lowest BCUT2D eigenvalue weighted by atomic mass is 10.3. The zero-order chi connectivity index (χ0) is 8.81. The lowest BCUT2D eigenvalue weighted by Crippen LogP contribution is -2.47. The largest absolute Gasteiger partial charge is 0.300 e. The quantitative estimate of drug-likeness (QED) is 0.728. The second-order valence-electron chi connectivity index (χ2n) is 3.06. The molecule has 6 heteroatoms. The molecule has 0 unspecified atom stereocenters. The van der Waals surface area contributed by atoms with Gasteiger partial charge in [-0.1, -0.05) is 0 Å². The fourth-order valence-electron chi connectivity index (χ4n) is 1.48. The van der Waals surface area contributed by atoms with Gasteiger partial charge in [0.2, 0.25) is 0 Å². The number of hydrogen-bond donors (Lipinski definition) is 0. The standard InChI is InChI=1S/C8H16Cl2N2.2ClH/c9-1-3-11-5-7-12(4-2-10)8-6-11;;/h1-8H2;2*1H. The average molecular weight is 284 g/mol. The second-order valence-corrected chi connectivity index (χ2v) is 3.82. The van der Waals surface area contributed by atoms with E-state index in [-0.39, 0.29) is 24.8 Å². The van der Waals surface area contributed by atoms with E-state index >= 15 is 0 Å². The van der Waals surface area contributed by atoms with E-state index in [2.05, 4.69) is 9.80 Å². The Morgan fingerprint density at radius 3 is 1.21 bits per heavy atom. The number of piperazine rings is 1. The molecule has 0 saturated carbocycles. The van der Waals surface area contributed by atoms with Gasteiger partial charge < -0.3 is 0 Å². The minimum Gasteiger partial charge on any atom is -0.300 e. The van der Waals surface area contributed by atoms with E-state index in [1.165, 1.54) is 0 Å². The molecule has 1 saturated heterocycles. The zero-order valence-corrected chi connectivity index (χ0v) is 11.3. The Morgan fingerprint density at radius 1 is 0.714 bits per heavy atom. The third-order valence-corrected chi connectivity index (χ3v) is 2.60. The molecule has 0 spiro atoms. The highest BCUT2D eigenvalue weighted by atomic mass is 35.5. The molecule has 1 fully saturated rings. The Balaban J connectivity index is 0. The predicted molar refractivity (Wildman–Crippen MR) is 68.8 cm³/mol. The maximum Gasteiger partial charge on any atom is 0.0351 e. The molecule has 0 aromatic rings. The number of halogens is 4. The fourth-order valence-corrected chi connectivity index (χ4v) is 1.95. The van der Waals surface area contributed by atoms with Gasteiger partial charge in [-0.05, 0) is 0 Å². The van der Waals surface area contributed by atoms with Crippen LogP contribution in [0.2, 0.25) is 0 Å². The lowest BCUT2D eigenvalue weighted by molar-refractivity contribution is 0.144. The molecule has 14 heavy (non-hydrogen) atoms. The third kappa shape index (κ3) is 6.54. The second kappa shape index (κ2) is 10.6. The average Bonchev–Trinajstić information content (AvgIpc) is 2.09. The van der Waals surface area contributed by atoms with E-state index in [9.17, 15) is 0 Å². The number of nitrogens with zero attached hydrogens (tertiary/aromatic N) is 2. The van der Waals surface area contributed by atoms with Gasteiger partial charge in [0.25, 0.3) is 0 Å². The summed E-state index contributed by atoms with van der Waals surface area (Å²) in [6, 6.07) is 0. The summed E-state index contributed by atoms with van der Waals surface area (Å²) >= 11 is 11.3. The van der Waals surface area contributed by atoms with Gasteiger partial charge in [-0.15, -0.1) is 48.0 Å². The van der Waals surface area contributed by atoms with Crippen LogP contribution in [0.4, 0.5) is 0 Å². The van der Waals surface area contributed by atoms with E-state index in [1.54, 1.807) is 0 Å². The molecule has 1 heterocycles. The molecule has 0 atom stereocenters. The van der Waals surface area contributed by atoms with Crippen LogP contribution in [0.5, 0.6) is 0 Å². The smallest absolute Gasteiger partial charge is 0.0351 e. The molecule has 0 N–H and O–H groups in total. The Bertz CT molecular complexity index is 104. The molecule has 1 rings (SSSR count). The van der Waals surface area contributed by atoms with Gasteiger partial charge in [-0.25, -0.2) is 0 Å². The molecule has 0 aromatic heterocycles. The van der Waals surface area contributed by atoms with E-state index in [1.807, 2.05) is 0 Å². The third-order valence-electron chi connectivity index (χ3n) is 2.27.